The van der Waals surface area contributed by atoms with Crippen LogP contribution in [0.15, 0.2) is 35.5 Å². The number of carboxylic acids is 1. The molecule has 5 heteroatoms. The van der Waals surface area contributed by atoms with E-state index >= 15 is 0 Å². The van der Waals surface area contributed by atoms with Crippen LogP contribution < -0.4 is 0 Å². The molecule has 0 bridgehead atoms. The summed E-state index contributed by atoms with van der Waals surface area (Å²) < 4.78 is 13.0. The smallest absolute Gasteiger partial charge is 0.341 e. The molecule has 0 radical (unpaired) electrons. The fourth-order valence-electron chi connectivity index (χ4n) is 3.02. The molecule has 0 aliphatic carbocycles. The van der Waals surface area contributed by atoms with Crippen LogP contribution in [0.4, 0.5) is 4.39 Å². The first-order valence-corrected chi connectivity index (χ1v) is 6.59. The number of aliphatic carboxylic acids is 1. The van der Waals surface area contributed by atoms with Gasteiger partial charge in [-0.2, -0.15) is 0 Å². The molecule has 1 aromatic rings. The first kappa shape index (κ1) is 12.8. The Labute approximate surface area is 115 Å². The Kier molecular flexibility index (Phi) is 3.04. The average molecular weight is 275 g/mol. The number of Topliss-reactive ketones (excluding diaryl/α,β-unsaturated/α-hetero) is 1. The zero-order chi connectivity index (χ0) is 14.3. The van der Waals surface area contributed by atoms with Crippen molar-refractivity contribution in [3.63, 3.8) is 0 Å². The summed E-state index contributed by atoms with van der Waals surface area (Å²) in [7, 11) is 0. The molecule has 2 aliphatic heterocycles. The molecule has 0 aromatic heterocycles. The van der Waals surface area contributed by atoms with Crippen molar-refractivity contribution in [3.05, 3.63) is 46.9 Å². The van der Waals surface area contributed by atoms with Gasteiger partial charge in [0.05, 0.1) is 5.92 Å². The van der Waals surface area contributed by atoms with E-state index in [0.717, 1.165) is 13.0 Å². The number of ketones is 1. The molecule has 20 heavy (non-hydrogen) atoms. The van der Waals surface area contributed by atoms with Crippen LogP contribution in [-0.2, 0) is 9.59 Å². The van der Waals surface area contributed by atoms with Crippen molar-refractivity contribution >= 4 is 11.8 Å². The summed E-state index contributed by atoms with van der Waals surface area (Å²) in [6, 6.07) is 5.70. The van der Waals surface area contributed by atoms with E-state index in [1.165, 1.54) is 12.1 Å². The van der Waals surface area contributed by atoms with Crippen LogP contribution in [0.3, 0.4) is 0 Å². The van der Waals surface area contributed by atoms with Crippen molar-refractivity contribution in [1.29, 1.82) is 0 Å². The third-order valence-electron chi connectivity index (χ3n) is 3.96. The Morgan fingerprint density at radius 1 is 1.30 bits per heavy atom. The van der Waals surface area contributed by atoms with Crippen LogP contribution in [0, 0.1) is 5.82 Å². The predicted octanol–water partition coefficient (Wildman–Crippen LogP) is 1.93. The molecule has 1 aromatic carbocycles. The summed E-state index contributed by atoms with van der Waals surface area (Å²) in [5.74, 6) is -2.42. The van der Waals surface area contributed by atoms with Gasteiger partial charge in [-0.3, -0.25) is 4.79 Å². The second kappa shape index (κ2) is 4.74. The van der Waals surface area contributed by atoms with E-state index in [1.54, 1.807) is 12.1 Å². The Balaban J connectivity index is 2.02. The molecule has 4 nitrogen and oxygen atoms in total. The molecule has 1 atom stereocenters. The van der Waals surface area contributed by atoms with Gasteiger partial charge in [0, 0.05) is 18.8 Å². The van der Waals surface area contributed by atoms with E-state index in [0.29, 0.717) is 24.2 Å². The first-order valence-electron chi connectivity index (χ1n) is 6.59. The fourth-order valence-corrected chi connectivity index (χ4v) is 3.02. The Morgan fingerprint density at radius 2 is 2.00 bits per heavy atom. The van der Waals surface area contributed by atoms with Crippen molar-refractivity contribution in [2.75, 3.05) is 13.1 Å². The van der Waals surface area contributed by atoms with Crippen LogP contribution in [0.5, 0.6) is 0 Å². The SMILES string of the molecule is O=C(O)C1=C2CCCN2CC(c2ccc(F)cc2)C1=O. The van der Waals surface area contributed by atoms with Crippen molar-refractivity contribution < 1.29 is 19.1 Å². The summed E-state index contributed by atoms with van der Waals surface area (Å²) in [5, 5.41) is 9.30. The molecule has 2 heterocycles. The normalized spacial score (nSPS) is 22.1. The standard InChI is InChI=1S/C15H14FNO3/c16-10-5-3-9(4-6-10)11-8-17-7-1-2-12(17)13(14(11)18)15(19)20/h3-6,11H,1-2,7-8H2,(H,19,20). The summed E-state index contributed by atoms with van der Waals surface area (Å²) in [6.07, 6.45) is 1.51. The largest absolute Gasteiger partial charge is 0.477 e. The number of hydrogen-bond acceptors (Lipinski definition) is 3. The van der Waals surface area contributed by atoms with Crippen molar-refractivity contribution in [2.45, 2.75) is 18.8 Å². The predicted molar refractivity (Wildman–Crippen MR) is 69.6 cm³/mol. The molecule has 0 spiro atoms. The van der Waals surface area contributed by atoms with Crippen molar-refractivity contribution in [2.24, 2.45) is 0 Å². The highest BCUT2D eigenvalue weighted by Crippen LogP contribution is 2.35. The zero-order valence-corrected chi connectivity index (χ0v) is 10.8. The maximum atomic E-state index is 13.0. The molecule has 1 saturated heterocycles. The van der Waals surface area contributed by atoms with Gasteiger partial charge in [0.15, 0.2) is 5.78 Å². The molecule has 3 rings (SSSR count). The van der Waals surface area contributed by atoms with Crippen molar-refractivity contribution in [3.8, 4) is 0 Å². The van der Waals surface area contributed by atoms with E-state index < -0.39 is 11.9 Å². The lowest BCUT2D eigenvalue weighted by atomic mass is 9.86. The van der Waals surface area contributed by atoms with Gasteiger partial charge >= 0.3 is 5.97 Å². The molecule has 0 saturated carbocycles. The van der Waals surface area contributed by atoms with Crippen LogP contribution >= 0.6 is 0 Å². The molecular formula is C15H14FNO3. The Hall–Kier alpha value is -2.17. The molecule has 104 valence electrons. The molecular weight excluding hydrogens is 261 g/mol. The number of rotatable bonds is 2. The summed E-state index contributed by atoms with van der Waals surface area (Å²) in [4.78, 5) is 25.8. The maximum Gasteiger partial charge on any atom is 0.341 e. The van der Waals surface area contributed by atoms with Crippen LogP contribution in [0.2, 0.25) is 0 Å². The molecule has 1 unspecified atom stereocenters. The second-order valence-corrected chi connectivity index (χ2v) is 5.14. The van der Waals surface area contributed by atoms with Gasteiger partial charge in [-0.15, -0.1) is 0 Å². The summed E-state index contributed by atoms with van der Waals surface area (Å²) >= 11 is 0. The molecule has 1 fully saturated rings. The molecule has 0 amide bonds. The van der Waals surface area contributed by atoms with Gasteiger partial charge < -0.3 is 10.0 Å². The summed E-state index contributed by atoms with van der Waals surface area (Å²) in [5.41, 5.74) is 1.23. The van der Waals surface area contributed by atoms with Crippen LogP contribution in [-0.4, -0.2) is 34.8 Å². The average Bonchev–Trinajstić information content (AvgIpc) is 2.86. The van der Waals surface area contributed by atoms with Crippen LogP contribution in [0.25, 0.3) is 0 Å². The minimum Gasteiger partial charge on any atom is -0.477 e. The highest BCUT2D eigenvalue weighted by atomic mass is 19.1. The minimum atomic E-state index is -1.16. The van der Waals surface area contributed by atoms with Crippen molar-refractivity contribution in [1.82, 2.24) is 4.90 Å². The van der Waals surface area contributed by atoms with Crippen LogP contribution in [0.1, 0.15) is 24.3 Å². The zero-order valence-electron chi connectivity index (χ0n) is 10.8. The third-order valence-corrected chi connectivity index (χ3v) is 3.96. The number of benzene rings is 1. The lowest BCUT2D eigenvalue weighted by Gasteiger charge is -2.32. The number of carbonyl (C=O) groups excluding carboxylic acids is 1. The number of nitrogens with zero attached hydrogens (tertiary/aromatic N) is 1. The van der Waals surface area contributed by atoms with E-state index in [-0.39, 0.29) is 17.2 Å². The fraction of sp³-hybridized carbons (Fsp3) is 0.333. The molecule has 1 N–H and O–H groups in total. The highest BCUT2D eigenvalue weighted by Gasteiger charge is 2.39. The number of carboxylic acid groups (broad SMARTS) is 1. The number of allylic oxidation sites excluding steroid dienone is 1. The Bertz CT molecular complexity index is 606. The van der Waals surface area contributed by atoms with E-state index in [4.69, 9.17) is 0 Å². The highest BCUT2D eigenvalue weighted by molar-refractivity contribution is 6.20. The van der Waals surface area contributed by atoms with E-state index in [9.17, 15) is 19.1 Å². The van der Waals surface area contributed by atoms with Gasteiger partial charge in [-0.05, 0) is 30.5 Å². The number of halogens is 1. The van der Waals surface area contributed by atoms with Gasteiger partial charge in [0.25, 0.3) is 0 Å². The van der Waals surface area contributed by atoms with E-state index in [1.807, 2.05) is 4.90 Å². The number of hydrogen-bond donors (Lipinski definition) is 1. The monoisotopic (exact) mass is 275 g/mol. The molecule has 2 aliphatic rings. The van der Waals surface area contributed by atoms with E-state index in [2.05, 4.69) is 0 Å². The van der Waals surface area contributed by atoms with Gasteiger partial charge in [0.1, 0.15) is 11.4 Å². The lowest BCUT2D eigenvalue weighted by Crippen LogP contribution is -2.38. The Morgan fingerprint density at radius 3 is 2.65 bits per heavy atom. The lowest BCUT2D eigenvalue weighted by molar-refractivity contribution is -0.135. The minimum absolute atomic E-state index is 0.0944. The third kappa shape index (κ3) is 1.99. The maximum absolute atomic E-state index is 13.0. The number of carbonyl (C=O) groups is 2. The van der Waals surface area contributed by atoms with Gasteiger partial charge in [0.2, 0.25) is 0 Å². The van der Waals surface area contributed by atoms with Gasteiger partial charge in [-0.1, -0.05) is 12.1 Å². The van der Waals surface area contributed by atoms with Gasteiger partial charge in [-0.25, -0.2) is 9.18 Å². The second-order valence-electron chi connectivity index (χ2n) is 5.14. The quantitative estimate of drug-likeness (QED) is 0.838. The summed E-state index contributed by atoms with van der Waals surface area (Å²) in [6.45, 7) is 1.26. The topological polar surface area (TPSA) is 57.6 Å². The first-order chi connectivity index (χ1) is 9.58. The number of fused-ring (bicyclic) bond motifs is 1.